The van der Waals surface area contributed by atoms with Crippen LogP contribution < -0.4 is 4.74 Å². The van der Waals surface area contributed by atoms with E-state index in [0.29, 0.717) is 50.5 Å². The summed E-state index contributed by atoms with van der Waals surface area (Å²) in [7, 11) is 0. The fraction of sp³-hybridized carbons (Fsp3) is 0.571. The molecule has 1 unspecified atom stereocenters. The first kappa shape index (κ1) is 26.9. The van der Waals surface area contributed by atoms with Crippen LogP contribution >= 0.6 is 0 Å². The highest BCUT2D eigenvalue weighted by atomic mass is 19.4. The summed E-state index contributed by atoms with van der Waals surface area (Å²) < 4.78 is 61.1. The average molecular weight is 536 g/mol. The van der Waals surface area contributed by atoms with Crippen molar-refractivity contribution in [2.24, 2.45) is 11.3 Å². The lowest BCUT2D eigenvalue weighted by atomic mass is 9.67. The number of amides is 1. The van der Waals surface area contributed by atoms with Gasteiger partial charge in [0.15, 0.2) is 0 Å². The Balaban J connectivity index is 1.11. The van der Waals surface area contributed by atoms with Crippen molar-refractivity contribution in [3.05, 3.63) is 47.9 Å². The predicted molar refractivity (Wildman–Crippen MR) is 133 cm³/mol. The van der Waals surface area contributed by atoms with Gasteiger partial charge < -0.3 is 19.6 Å². The van der Waals surface area contributed by atoms with Crippen molar-refractivity contribution in [3.8, 4) is 17.0 Å². The number of pyridine rings is 1. The van der Waals surface area contributed by atoms with Crippen LogP contribution in [0.25, 0.3) is 11.3 Å². The number of likely N-dealkylation sites (tertiary alicyclic amines) is 2. The zero-order valence-corrected chi connectivity index (χ0v) is 21.2. The molecule has 3 aliphatic rings. The van der Waals surface area contributed by atoms with Crippen LogP contribution in [0.2, 0.25) is 0 Å². The number of aromatic nitrogens is 1. The molecule has 1 aromatic carbocycles. The molecule has 1 aromatic heterocycles. The molecule has 6 nitrogen and oxygen atoms in total. The number of halogens is 4. The first-order valence-electron chi connectivity index (χ1n) is 13.3. The van der Waals surface area contributed by atoms with Crippen molar-refractivity contribution in [2.75, 3.05) is 39.3 Å². The number of aliphatic hydroxyl groups is 1. The molecule has 3 fully saturated rings. The minimum Gasteiger partial charge on any atom is -0.492 e. The summed E-state index contributed by atoms with van der Waals surface area (Å²) >= 11 is 0. The first-order chi connectivity index (χ1) is 18.1. The van der Waals surface area contributed by atoms with Gasteiger partial charge in [-0.3, -0.25) is 9.78 Å². The second-order valence-electron chi connectivity index (χ2n) is 10.9. The molecule has 2 saturated heterocycles. The fourth-order valence-electron chi connectivity index (χ4n) is 5.68. The summed E-state index contributed by atoms with van der Waals surface area (Å²) in [5.74, 6) is -0.0648. The van der Waals surface area contributed by atoms with Crippen molar-refractivity contribution in [1.29, 1.82) is 0 Å². The lowest BCUT2D eigenvalue weighted by Crippen LogP contribution is -2.53. The van der Waals surface area contributed by atoms with Crippen LogP contribution in [0.4, 0.5) is 17.6 Å². The van der Waals surface area contributed by atoms with Gasteiger partial charge in [-0.05, 0) is 81.4 Å². The standard InChI is InChI=1S/C28H33F4N3O3/c29-24-14-20(26(37)35-13-8-21(36)16-35)2-4-23(24)25-5-3-22(15-33-25)38-17-19-6-11-34(12-7-19)18-27(9-1-10-27)28(30,31)32/h2-5,14-15,19,21,36H,1,6-13,16-18H2. The van der Waals surface area contributed by atoms with E-state index in [1.54, 1.807) is 18.2 Å². The Morgan fingerprint density at radius 2 is 1.87 bits per heavy atom. The van der Waals surface area contributed by atoms with Crippen molar-refractivity contribution in [3.63, 3.8) is 0 Å². The van der Waals surface area contributed by atoms with Gasteiger partial charge in [0.2, 0.25) is 0 Å². The number of carbonyl (C=O) groups excluding carboxylic acids is 1. The number of benzene rings is 1. The molecular formula is C28H33F4N3O3. The molecule has 1 amide bonds. The molecule has 38 heavy (non-hydrogen) atoms. The minimum atomic E-state index is -4.13. The van der Waals surface area contributed by atoms with Gasteiger partial charge in [0.1, 0.15) is 11.6 Å². The maximum atomic E-state index is 14.8. The highest BCUT2D eigenvalue weighted by Crippen LogP contribution is 2.53. The number of aliphatic hydroxyl groups excluding tert-OH is 1. The summed E-state index contributed by atoms with van der Waals surface area (Å²) in [6.45, 7) is 2.53. The molecule has 3 heterocycles. The molecule has 2 aromatic rings. The normalized spacial score (nSPS) is 22.3. The van der Waals surface area contributed by atoms with E-state index in [9.17, 15) is 27.5 Å². The summed E-state index contributed by atoms with van der Waals surface area (Å²) in [6, 6.07) is 7.65. The smallest absolute Gasteiger partial charge is 0.395 e. The van der Waals surface area contributed by atoms with E-state index in [1.165, 1.54) is 23.2 Å². The summed E-state index contributed by atoms with van der Waals surface area (Å²) in [5.41, 5.74) is -0.609. The Labute approximate surface area is 219 Å². The number of ether oxygens (including phenoxy) is 1. The molecule has 1 N–H and O–H groups in total. The fourth-order valence-corrected chi connectivity index (χ4v) is 5.68. The van der Waals surface area contributed by atoms with Crippen molar-refractivity contribution in [2.45, 2.75) is 50.8 Å². The van der Waals surface area contributed by atoms with Gasteiger partial charge in [-0.2, -0.15) is 13.2 Å². The quantitative estimate of drug-likeness (QED) is 0.510. The van der Waals surface area contributed by atoms with E-state index in [0.717, 1.165) is 12.8 Å². The maximum Gasteiger partial charge on any atom is 0.395 e. The number of rotatable bonds is 7. The molecule has 0 spiro atoms. The number of piperidine rings is 1. The van der Waals surface area contributed by atoms with Crippen LogP contribution in [0.5, 0.6) is 5.75 Å². The van der Waals surface area contributed by atoms with Gasteiger partial charge >= 0.3 is 6.18 Å². The minimum absolute atomic E-state index is 0.0997. The van der Waals surface area contributed by atoms with Crippen molar-refractivity contribution >= 4 is 5.91 Å². The van der Waals surface area contributed by atoms with Crippen molar-refractivity contribution < 1.29 is 32.2 Å². The second kappa shape index (κ2) is 10.8. The molecule has 5 rings (SSSR count). The lowest BCUT2D eigenvalue weighted by molar-refractivity contribution is -0.256. The molecule has 0 radical (unpaired) electrons. The molecule has 0 bridgehead atoms. The predicted octanol–water partition coefficient (Wildman–Crippen LogP) is 4.92. The van der Waals surface area contributed by atoms with Crippen molar-refractivity contribution in [1.82, 2.24) is 14.8 Å². The number of nitrogens with zero attached hydrogens (tertiary/aromatic N) is 3. The molecular weight excluding hydrogens is 502 g/mol. The van der Waals surface area contributed by atoms with Gasteiger partial charge in [0, 0.05) is 30.8 Å². The Hall–Kier alpha value is -2.72. The van der Waals surface area contributed by atoms with E-state index >= 15 is 0 Å². The molecule has 1 saturated carbocycles. The first-order valence-corrected chi connectivity index (χ1v) is 13.3. The van der Waals surface area contributed by atoms with E-state index < -0.39 is 23.5 Å². The number of hydrogen-bond acceptors (Lipinski definition) is 5. The summed E-state index contributed by atoms with van der Waals surface area (Å²) in [6.07, 6.45) is 0.0620. The van der Waals surface area contributed by atoms with E-state index in [2.05, 4.69) is 4.98 Å². The third-order valence-corrected chi connectivity index (χ3v) is 8.31. The zero-order valence-electron chi connectivity index (χ0n) is 21.2. The lowest BCUT2D eigenvalue weighted by Gasteiger charge is -2.47. The van der Waals surface area contributed by atoms with E-state index in [1.807, 2.05) is 4.90 Å². The molecule has 2 aliphatic heterocycles. The Morgan fingerprint density at radius 1 is 1.11 bits per heavy atom. The Bertz CT molecular complexity index is 1130. The van der Waals surface area contributed by atoms with Crippen LogP contribution in [0.3, 0.4) is 0 Å². The number of alkyl halides is 3. The number of hydrogen-bond donors (Lipinski definition) is 1. The summed E-state index contributed by atoms with van der Waals surface area (Å²) in [4.78, 5) is 20.3. The number of carbonyl (C=O) groups is 1. The third kappa shape index (κ3) is 5.66. The van der Waals surface area contributed by atoms with Crippen LogP contribution in [-0.2, 0) is 0 Å². The van der Waals surface area contributed by atoms with Gasteiger partial charge in [-0.25, -0.2) is 4.39 Å². The van der Waals surface area contributed by atoms with E-state index in [-0.39, 0.29) is 48.9 Å². The highest BCUT2D eigenvalue weighted by Gasteiger charge is 2.58. The zero-order chi connectivity index (χ0) is 26.9. The largest absolute Gasteiger partial charge is 0.492 e. The number of β-amino-alcohol motifs (C(OH)–C–C–N with tert-alkyl or cyclic N) is 1. The molecule has 10 heteroatoms. The monoisotopic (exact) mass is 535 g/mol. The van der Waals surface area contributed by atoms with Crippen LogP contribution in [0.1, 0.15) is 48.9 Å². The molecule has 1 aliphatic carbocycles. The highest BCUT2D eigenvalue weighted by molar-refractivity contribution is 5.95. The SMILES string of the molecule is O=C(c1ccc(-c2ccc(OCC3CCN(CC4(C(F)(F)F)CCC4)CC3)cn2)c(F)c1)N1CCC(O)C1. The summed E-state index contributed by atoms with van der Waals surface area (Å²) in [5, 5.41) is 9.64. The van der Waals surface area contributed by atoms with Gasteiger partial charge in [-0.15, -0.1) is 0 Å². The van der Waals surface area contributed by atoms with Crippen LogP contribution in [0, 0.1) is 17.2 Å². The van der Waals surface area contributed by atoms with Crippen LogP contribution in [0.15, 0.2) is 36.5 Å². The van der Waals surface area contributed by atoms with Crippen LogP contribution in [-0.4, -0.2) is 77.4 Å². The Morgan fingerprint density at radius 3 is 2.42 bits per heavy atom. The van der Waals surface area contributed by atoms with Gasteiger partial charge in [0.25, 0.3) is 5.91 Å². The molecule has 206 valence electrons. The van der Waals surface area contributed by atoms with Gasteiger partial charge in [0.05, 0.1) is 30.0 Å². The third-order valence-electron chi connectivity index (χ3n) is 8.31. The van der Waals surface area contributed by atoms with Gasteiger partial charge in [-0.1, -0.05) is 6.42 Å². The topological polar surface area (TPSA) is 65.9 Å². The van der Waals surface area contributed by atoms with E-state index in [4.69, 9.17) is 4.74 Å². The second-order valence-corrected chi connectivity index (χ2v) is 10.9. The molecule has 1 atom stereocenters. The average Bonchev–Trinajstić information content (AvgIpc) is 3.31. The Kier molecular flexibility index (Phi) is 7.64. The maximum absolute atomic E-state index is 14.8.